The fourth-order valence-corrected chi connectivity index (χ4v) is 5.04. The maximum Gasteiger partial charge on any atom is 0.191 e. The zero-order chi connectivity index (χ0) is 18.2. The van der Waals surface area contributed by atoms with Crippen molar-refractivity contribution >= 4 is 45.5 Å². The molecule has 1 aliphatic heterocycles. The monoisotopic (exact) mass is 412 g/mol. The van der Waals surface area contributed by atoms with Crippen LogP contribution in [0.5, 0.6) is 0 Å². The predicted molar refractivity (Wildman–Crippen MR) is 108 cm³/mol. The van der Waals surface area contributed by atoms with E-state index in [1.54, 1.807) is 35.6 Å². The van der Waals surface area contributed by atoms with Crippen molar-refractivity contribution in [2.24, 2.45) is 0 Å². The highest BCUT2D eigenvalue weighted by Crippen LogP contribution is 2.39. The van der Waals surface area contributed by atoms with Crippen LogP contribution in [-0.2, 0) is 23.7 Å². The first-order valence-corrected chi connectivity index (χ1v) is 10.6. The van der Waals surface area contributed by atoms with Gasteiger partial charge in [0, 0.05) is 17.1 Å². The van der Waals surface area contributed by atoms with Gasteiger partial charge in [0.05, 0.1) is 24.0 Å². The van der Waals surface area contributed by atoms with Crippen LogP contribution in [0.1, 0.15) is 16.1 Å². The molecule has 0 spiro atoms. The largest absolute Gasteiger partial charge is 0.372 e. The van der Waals surface area contributed by atoms with E-state index in [0.29, 0.717) is 29.2 Å². The number of aromatic nitrogens is 4. The molecular weight excluding hydrogens is 400 g/mol. The molecule has 0 aliphatic carbocycles. The molecule has 2 aromatic heterocycles. The Balaban J connectivity index is 1.59. The summed E-state index contributed by atoms with van der Waals surface area (Å²) in [6, 6.07) is 8.15. The van der Waals surface area contributed by atoms with Gasteiger partial charge in [-0.25, -0.2) is 19.9 Å². The molecule has 4 aromatic rings. The van der Waals surface area contributed by atoms with Crippen LogP contribution in [0.3, 0.4) is 0 Å². The first kappa shape index (κ1) is 17.1. The second kappa shape index (κ2) is 7.16. The lowest BCUT2D eigenvalue weighted by atomic mass is 9.94. The lowest BCUT2D eigenvalue weighted by molar-refractivity contribution is 0.103. The van der Waals surface area contributed by atoms with Crippen LogP contribution in [0, 0.1) is 0 Å². The van der Waals surface area contributed by atoms with Gasteiger partial charge in [-0.3, -0.25) is 0 Å². The normalized spacial score (nSPS) is 13.2. The highest BCUT2D eigenvalue weighted by molar-refractivity contribution is 7.98. The predicted octanol–water partition coefficient (Wildman–Crippen LogP) is 5.12. The average molecular weight is 413 g/mol. The smallest absolute Gasteiger partial charge is 0.191 e. The molecule has 0 fully saturated rings. The van der Waals surface area contributed by atoms with Crippen molar-refractivity contribution in [3.8, 4) is 11.4 Å². The number of ether oxygens (including phenoxy) is 1. The molecule has 8 heteroatoms. The molecule has 0 radical (unpaired) electrons. The van der Waals surface area contributed by atoms with Crippen LogP contribution in [-0.4, -0.2) is 19.9 Å². The van der Waals surface area contributed by atoms with Gasteiger partial charge in [-0.15, -0.1) is 11.3 Å². The van der Waals surface area contributed by atoms with E-state index in [-0.39, 0.29) is 0 Å². The van der Waals surface area contributed by atoms with E-state index in [0.717, 1.165) is 27.3 Å². The van der Waals surface area contributed by atoms with Gasteiger partial charge in [-0.05, 0) is 28.0 Å². The lowest BCUT2D eigenvalue weighted by Gasteiger charge is -2.20. The van der Waals surface area contributed by atoms with Gasteiger partial charge in [0.2, 0.25) is 0 Å². The summed E-state index contributed by atoms with van der Waals surface area (Å²) in [6.45, 7) is 1.18. The topological polar surface area (TPSA) is 60.8 Å². The molecular formula is C19H13ClN4OS2. The van der Waals surface area contributed by atoms with Crippen LogP contribution >= 0.6 is 34.7 Å². The zero-order valence-corrected chi connectivity index (χ0v) is 16.4. The van der Waals surface area contributed by atoms with Crippen molar-refractivity contribution in [1.82, 2.24) is 19.9 Å². The summed E-state index contributed by atoms with van der Waals surface area (Å²) in [4.78, 5) is 17.6. The second-order valence-electron chi connectivity index (χ2n) is 6.03. The molecule has 134 valence electrons. The van der Waals surface area contributed by atoms with Crippen molar-refractivity contribution in [3.63, 3.8) is 0 Å². The van der Waals surface area contributed by atoms with E-state index < -0.39 is 0 Å². The molecule has 1 aliphatic rings. The standard InChI is InChI=1S/C19H13ClN4OS2/c20-14-6-12-8-25-7-11-2-1-3-13(16(11)12)17(14)18-22-10-23-19(24-18)27-9-15-21-4-5-26-15/h1-6,10H,7-9H2. The molecule has 5 nitrogen and oxygen atoms in total. The third-order valence-electron chi connectivity index (χ3n) is 4.38. The number of hydrogen-bond acceptors (Lipinski definition) is 7. The number of hydrogen-bond donors (Lipinski definition) is 0. The van der Waals surface area contributed by atoms with Crippen molar-refractivity contribution in [2.45, 2.75) is 24.1 Å². The molecule has 3 heterocycles. The Hall–Kier alpha value is -2.06. The Morgan fingerprint density at radius 2 is 2.07 bits per heavy atom. The Bertz CT molecular complexity index is 1130. The molecule has 0 amide bonds. The van der Waals surface area contributed by atoms with Gasteiger partial charge in [-0.1, -0.05) is 41.6 Å². The summed E-state index contributed by atoms with van der Waals surface area (Å²) >= 11 is 9.80. The summed E-state index contributed by atoms with van der Waals surface area (Å²) in [6.07, 6.45) is 3.35. The quantitative estimate of drug-likeness (QED) is 0.433. The highest BCUT2D eigenvalue weighted by Gasteiger charge is 2.20. The van der Waals surface area contributed by atoms with Gasteiger partial charge in [0.25, 0.3) is 0 Å². The summed E-state index contributed by atoms with van der Waals surface area (Å²) in [7, 11) is 0. The van der Waals surface area contributed by atoms with E-state index in [1.165, 1.54) is 10.9 Å². The SMILES string of the molecule is Clc1cc2c3c(cccc3c1-c1ncnc(SCc3nccs3)n1)COC2. The van der Waals surface area contributed by atoms with Gasteiger partial charge in [-0.2, -0.15) is 0 Å². The second-order valence-corrected chi connectivity index (χ2v) is 8.36. The molecule has 0 bridgehead atoms. The molecule has 27 heavy (non-hydrogen) atoms. The molecule has 0 unspecified atom stereocenters. The fraction of sp³-hybridized carbons (Fsp3) is 0.158. The minimum Gasteiger partial charge on any atom is -0.372 e. The molecule has 0 saturated heterocycles. The number of thiazole rings is 1. The number of thioether (sulfide) groups is 1. The summed E-state index contributed by atoms with van der Waals surface area (Å²) in [5.41, 5.74) is 3.12. The molecule has 5 rings (SSSR count). The maximum atomic E-state index is 6.64. The first-order chi connectivity index (χ1) is 13.3. The van der Waals surface area contributed by atoms with Crippen LogP contribution in [0.15, 0.2) is 47.3 Å². The van der Waals surface area contributed by atoms with Crippen LogP contribution in [0.25, 0.3) is 22.2 Å². The van der Waals surface area contributed by atoms with E-state index in [2.05, 4.69) is 32.1 Å². The minimum atomic E-state index is 0.569. The van der Waals surface area contributed by atoms with Crippen LogP contribution in [0.2, 0.25) is 5.02 Å². The minimum absolute atomic E-state index is 0.569. The van der Waals surface area contributed by atoms with E-state index in [9.17, 15) is 0 Å². The van der Waals surface area contributed by atoms with Crippen molar-refractivity contribution < 1.29 is 4.74 Å². The van der Waals surface area contributed by atoms with Gasteiger partial charge >= 0.3 is 0 Å². The third kappa shape index (κ3) is 3.21. The van der Waals surface area contributed by atoms with Gasteiger partial charge < -0.3 is 4.74 Å². The van der Waals surface area contributed by atoms with E-state index >= 15 is 0 Å². The third-order valence-corrected chi connectivity index (χ3v) is 6.51. The fourth-order valence-electron chi connectivity index (χ4n) is 3.27. The number of rotatable bonds is 4. The Morgan fingerprint density at radius 1 is 1.15 bits per heavy atom. The van der Waals surface area contributed by atoms with Crippen LogP contribution in [0.4, 0.5) is 0 Å². The molecule has 0 N–H and O–H groups in total. The van der Waals surface area contributed by atoms with Crippen molar-refractivity contribution in [1.29, 1.82) is 0 Å². The summed E-state index contributed by atoms with van der Waals surface area (Å²) in [5.74, 6) is 1.32. The van der Waals surface area contributed by atoms with Gasteiger partial charge in [0.1, 0.15) is 11.3 Å². The Morgan fingerprint density at radius 3 is 2.96 bits per heavy atom. The molecule has 2 aromatic carbocycles. The Labute approximate surface area is 168 Å². The zero-order valence-electron chi connectivity index (χ0n) is 14.1. The average Bonchev–Trinajstić information content (AvgIpc) is 3.21. The summed E-state index contributed by atoms with van der Waals surface area (Å²) in [5, 5.41) is 6.55. The maximum absolute atomic E-state index is 6.64. The number of nitrogens with zero attached hydrogens (tertiary/aromatic N) is 4. The number of benzene rings is 2. The molecule has 0 saturated carbocycles. The lowest BCUT2D eigenvalue weighted by Crippen LogP contribution is -2.05. The van der Waals surface area contributed by atoms with Gasteiger partial charge in [0.15, 0.2) is 11.0 Å². The van der Waals surface area contributed by atoms with E-state index in [1.807, 2.05) is 17.5 Å². The van der Waals surface area contributed by atoms with Crippen molar-refractivity contribution in [2.75, 3.05) is 0 Å². The first-order valence-electron chi connectivity index (χ1n) is 8.31. The van der Waals surface area contributed by atoms with E-state index in [4.69, 9.17) is 16.3 Å². The summed E-state index contributed by atoms with van der Waals surface area (Å²) < 4.78 is 5.67. The Kier molecular flexibility index (Phi) is 4.53. The van der Waals surface area contributed by atoms with Crippen molar-refractivity contribution in [3.05, 3.63) is 63.3 Å². The highest BCUT2D eigenvalue weighted by atomic mass is 35.5. The number of halogens is 1. The van der Waals surface area contributed by atoms with Crippen LogP contribution < -0.4 is 0 Å². The molecule has 0 atom stereocenters.